The van der Waals surface area contributed by atoms with Gasteiger partial charge in [-0.25, -0.2) is 9.97 Å². The summed E-state index contributed by atoms with van der Waals surface area (Å²) in [5.41, 5.74) is 6.45. The number of anilines is 1. The molecule has 1 unspecified atom stereocenters. The molecule has 0 bridgehead atoms. The van der Waals surface area contributed by atoms with E-state index in [1.54, 1.807) is 32.0 Å². The van der Waals surface area contributed by atoms with Crippen molar-refractivity contribution in [3.8, 4) is 11.3 Å². The number of hydrogen-bond donors (Lipinski definition) is 2. The monoisotopic (exact) mass is 462 g/mol. The van der Waals surface area contributed by atoms with Crippen molar-refractivity contribution in [2.45, 2.75) is 45.5 Å². The number of alkyl halides is 3. The Balaban J connectivity index is 1.90. The van der Waals surface area contributed by atoms with Gasteiger partial charge in [0.15, 0.2) is 5.82 Å². The number of aliphatic hydroxyl groups is 1. The van der Waals surface area contributed by atoms with Gasteiger partial charge < -0.3 is 15.7 Å². The van der Waals surface area contributed by atoms with Gasteiger partial charge in [0.05, 0.1) is 28.0 Å². The number of benzene rings is 1. The standard InChI is InChI=1S/C20H23Cl2F3N4O/c1-11-16(12-4-3-5-13(21)15(12)22)28-14(10-30)17(27-11)29-8-6-19(2,7-9-29)18(26)20(23,24)25/h3-5,18,30H,6-10,26H2,1-2H3. The van der Waals surface area contributed by atoms with Gasteiger partial charge in [-0.1, -0.05) is 42.3 Å². The summed E-state index contributed by atoms with van der Waals surface area (Å²) >= 11 is 12.4. The van der Waals surface area contributed by atoms with Crippen LogP contribution in [-0.4, -0.2) is 40.4 Å². The minimum absolute atomic E-state index is 0.251. The minimum Gasteiger partial charge on any atom is -0.390 e. The van der Waals surface area contributed by atoms with Gasteiger partial charge in [0.2, 0.25) is 0 Å². The maximum atomic E-state index is 13.1. The molecule has 0 aliphatic carbocycles. The second-order valence-electron chi connectivity index (χ2n) is 7.85. The summed E-state index contributed by atoms with van der Waals surface area (Å²) in [6, 6.07) is 3.28. The molecule has 0 spiro atoms. The lowest BCUT2D eigenvalue weighted by Gasteiger charge is -2.44. The van der Waals surface area contributed by atoms with Crippen molar-refractivity contribution >= 4 is 29.0 Å². The molecule has 3 rings (SSSR count). The summed E-state index contributed by atoms with van der Waals surface area (Å²) < 4.78 is 39.4. The Bertz CT molecular complexity index is 931. The molecule has 3 N–H and O–H groups in total. The van der Waals surface area contributed by atoms with Crippen LogP contribution in [0.25, 0.3) is 11.3 Å². The maximum Gasteiger partial charge on any atom is 0.404 e. The van der Waals surface area contributed by atoms with Gasteiger partial charge in [-0.2, -0.15) is 13.2 Å². The van der Waals surface area contributed by atoms with E-state index in [4.69, 9.17) is 28.9 Å². The van der Waals surface area contributed by atoms with E-state index in [-0.39, 0.29) is 19.4 Å². The Hall–Kier alpha value is -1.61. The Kier molecular flexibility index (Phi) is 6.53. The van der Waals surface area contributed by atoms with E-state index in [9.17, 15) is 18.3 Å². The van der Waals surface area contributed by atoms with E-state index in [2.05, 4.69) is 9.97 Å². The average molecular weight is 463 g/mol. The lowest BCUT2D eigenvalue weighted by molar-refractivity contribution is -0.175. The third kappa shape index (κ3) is 4.37. The van der Waals surface area contributed by atoms with Crippen molar-refractivity contribution in [3.05, 3.63) is 39.6 Å². The number of nitrogens with zero attached hydrogens (tertiary/aromatic N) is 3. The maximum absolute atomic E-state index is 13.1. The summed E-state index contributed by atoms with van der Waals surface area (Å²) in [6.07, 6.45) is -3.94. The molecule has 2 aromatic rings. The highest BCUT2D eigenvalue weighted by Crippen LogP contribution is 2.42. The Labute approximate surface area is 183 Å². The molecule has 1 fully saturated rings. The van der Waals surface area contributed by atoms with Crippen LogP contribution in [0.4, 0.5) is 19.0 Å². The number of aliphatic hydroxyl groups excluding tert-OH is 1. The van der Waals surface area contributed by atoms with E-state index >= 15 is 0 Å². The number of hydrogen-bond acceptors (Lipinski definition) is 5. The van der Waals surface area contributed by atoms with Gasteiger partial charge in [0.25, 0.3) is 0 Å². The predicted molar refractivity (Wildman–Crippen MR) is 112 cm³/mol. The minimum atomic E-state index is -4.44. The summed E-state index contributed by atoms with van der Waals surface area (Å²) in [7, 11) is 0. The number of rotatable bonds is 4. The van der Waals surface area contributed by atoms with E-state index in [0.717, 1.165) is 0 Å². The Morgan fingerprint density at radius 3 is 2.43 bits per heavy atom. The summed E-state index contributed by atoms with van der Waals surface area (Å²) in [6.45, 7) is 3.62. The second-order valence-corrected chi connectivity index (χ2v) is 8.63. The first kappa shape index (κ1) is 23.1. The fourth-order valence-corrected chi connectivity index (χ4v) is 4.17. The molecule has 5 nitrogen and oxygen atoms in total. The number of nitrogens with two attached hydrogens (primary N) is 1. The lowest BCUT2D eigenvalue weighted by atomic mass is 9.74. The van der Waals surface area contributed by atoms with Crippen molar-refractivity contribution in [3.63, 3.8) is 0 Å². The highest BCUT2D eigenvalue weighted by atomic mass is 35.5. The van der Waals surface area contributed by atoms with Crippen LogP contribution in [-0.2, 0) is 6.61 Å². The number of aryl methyl sites for hydroxylation is 1. The molecule has 10 heteroatoms. The van der Waals surface area contributed by atoms with E-state index < -0.39 is 17.6 Å². The summed E-state index contributed by atoms with van der Waals surface area (Å²) in [5, 5.41) is 10.6. The van der Waals surface area contributed by atoms with Gasteiger partial charge in [0.1, 0.15) is 11.7 Å². The summed E-state index contributed by atoms with van der Waals surface area (Å²) in [4.78, 5) is 11.0. The van der Waals surface area contributed by atoms with Gasteiger partial charge in [0, 0.05) is 18.7 Å². The van der Waals surface area contributed by atoms with E-state index in [0.29, 0.717) is 51.6 Å². The molecule has 30 heavy (non-hydrogen) atoms. The summed E-state index contributed by atoms with van der Waals surface area (Å²) in [5.74, 6) is 0.458. The zero-order chi connectivity index (χ0) is 22.3. The normalized spacial score (nSPS) is 17.8. The largest absolute Gasteiger partial charge is 0.404 e. The predicted octanol–water partition coefficient (Wildman–Crippen LogP) is 4.75. The first-order valence-electron chi connectivity index (χ1n) is 9.48. The van der Waals surface area contributed by atoms with Crippen molar-refractivity contribution < 1.29 is 18.3 Å². The molecule has 0 saturated carbocycles. The number of aromatic nitrogens is 2. The Morgan fingerprint density at radius 2 is 1.87 bits per heavy atom. The van der Waals surface area contributed by atoms with Crippen LogP contribution in [0.1, 0.15) is 31.2 Å². The molecule has 1 aromatic carbocycles. The average Bonchev–Trinajstić information content (AvgIpc) is 2.69. The first-order valence-corrected chi connectivity index (χ1v) is 10.2. The van der Waals surface area contributed by atoms with Crippen molar-refractivity contribution in [1.29, 1.82) is 0 Å². The number of halogens is 5. The third-order valence-electron chi connectivity index (χ3n) is 5.79. The Morgan fingerprint density at radius 1 is 1.23 bits per heavy atom. The van der Waals surface area contributed by atoms with Gasteiger partial charge >= 0.3 is 6.18 Å². The molecule has 1 aliphatic rings. The molecule has 1 aromatic heterocycles. The van der Waals surface area contributed by atoms with Crippen molar-refractivity contribution in [2.24, 2.45) is 11.1 Å². The fourth-order valence-electron chi connectivity index (χ4n) is 3.78. The molecular formula is C20H23Cl2F3N4O. The van der Waals surface area contributed by atoms with Gasteiger partial charge in [-0.15, -0.1) is 0 Å². The third-order valence-corrected chi connectivity index (χ3v) is 6.61. The smallest absolute Gasteiger partial charge is 0.390 e. The fraction of sp³-hybridized carbons (Fsp3) is 0.500. The first-order chi connectivity index (χ1) is 14.0. The second kappa shape index (κ2) is 8.49. The lowest BCUT2D eigenvalue weighted by Crippen LogP contribution is -2.54. The molecule has 164 valence electrons. The topological polar surface area (TPSA) is 75.3 Å². The zero-order valence-electron chi connectivity index (χ0n) is 16.6. The number of piperidine rings is 1. The SMILES string of the molecule is Cc1nc(N2CCC(C)(C(N)C(F)(F)F)CC2)c(CO)nc1-c1cccc(Cl)c1Cl. The van der Waals surface area contributed by atoms with E-state index in [1.807, 2.05) is 4.90 Å². The van der Waals surface area contributed by atoms with Crippen LogP contribution in [0.2, 0.25) is 10.0 Å². The van der Waals surface area contributed by atoms with Crippen LogP contribution in [0, 0.1) is 12.3 Å². The zero-order valence-corrected chi connectivity index (χ0v) is 18.1. The molecule has 0 amide bonds. The highest BCUT2D eigenvalue weighted by molar-refractivity contribution is 6.43. The van der Waals surface area contributed by atoms with Gasteiger partial charge in [-0.05, 0) is 31.2 Å². The van der Waals surface area contributed by atoms with Crippen LogP contribution < -0.4 is 10.6 Å². The van der Waals surface area contributed by atoms with Gasteiger partial charge in [-0.3, -0.25) is 0 Å². The molecule has 1 atom stereocenters. The molecule has 2 heterocycles. The van der Waals surface area contributed by atoms with Crippen LogP contribution in [0.5, 0.6) is 0 Å². The highest BCUT2D eigenvalue weighted by Gasteiger charge is 2.49. The van der Waals surface area contributed by atoms with Crippen LogP contribution >= 0.6 is 23.2 Å². The molecule has 1 aliphatic heterocycles. The quantitative estimate of drug-likeness (QED) is 0.685. The van der Waals surface area contributed by atoms with Crippen molar-refractivity contribution in [1.82, 2.24) is 9.97 Å². The van der Waals surface area contributed by atoms with Crippen LogP contribution in [0.15, 0.2) is 18.2 Å². The molecular weight excluding hydrogens is 440 g/mol. The van der Waals surface area contributed by atoms with E-state index in [1.165, 1.54) is 0 Å². The molecule has 1 saturated heterocycles. The molecule has 0 radical (unpaired) electrons. The van der Waals surface area contributed by atoms with Crippen molar-refractivity contribution in [2.75, 3.05) is 18.0 Å². The van der Waals surface area contributed by atoms with Crippen LogP contribution in [0.3, 0.4) is 0 Å².